The van der Waals surface area contributed by atoms with Gasteiger partial charge in [0, 0.05) is 0 Å². The van der Waals surface area contributed by atoms with Crippen molar-refractivity contribution in [3.63, 3.8) is 0 Å². The van der Waals surface area contributed by atoms with Gasteiger partial charge in [0.05, 0.1) is 0 Å². The molecular formula is C31H52. The molecule has 31 heavy (non-hydrogen) atoms. The minimum absolute atomic E-state index is 0.780. The van der Waals surface area contributed by atoms with Gasteiger partial charge in [0.15, 0.2) is 0 Å². The smallest absolute Gasteiger partial charge is 0.0153 e. The first kappa shape index (κ1) is 26.3. The van der Waals surface area contributed by atoms with E-state index >= 15 is 0 Å². The number of rotatable bonds is 13. The standard InChI is InChI=1S/C31H52/c1-3-5-7-9-13-17-29-24-26-31(27-25-29)19-15-11-10-14-18-30-22-20-28(21-23-30)16-12-8-6-4-2/h14-15,18-19,28-31H,3-9,12-13,16-17,20-27H2,1-2H3/b18-14+,19-15+. The van der Waals surface area contributed by atoms with Crippen LogP contribution in [0.5, 0.6) is 0 Å². The molecule has 0 aromatic rings. The molecule has 2 aliphatic rings. The van der Waals surface area contributed by atoms with E-state index in [0.717, 1.165) is 23.7 Å². The van der Waals surface area contributed by atoms with Crippen molar-refractivity contribution >= 4 is 0 Å². The molecule has 2 aliphatic carbocycles. The molecule has 2 saturated carbocycles. The van der Waals surface area contributed by atoms with Crippen LogP contribution in [0, 0.1) is 35.5 Å². The van der Waals surface area contributed by atoms with Crippen molar-refractivity contribution in [1.82, 2.24) is 0 Å². The Labute approximate surface area is 195 Å². The summed E-state index contributed by atoms with van der Waals surface area (Å²) in [7, 11) is 0. The van der Waals surface area contributed by atoms with Gasteiger partial charge in [0.1, 0.15) is 0 Å². The summed E-state index contributed by atoms with van der Waals surface area (Å²) in [6, 6.07) is 0. The molecule has 0 heterocycles. The molecule has 0 saturated heterocycles. The van der Waals surface area contributed by atoms with E-state index in [0.29, 0.717) is 0 Å². The molecule has 2 fully saturated rings. The van der Waals surface area contributed by atoms with Crippen LogP contribution in [0.15, 0.2) is 24.3 Å². The van der Waals surface area contributed by atoms with E-state index < -0.39 is 0 Å². The van der Waals surface area contributed by atoms with Crippen LogP contribution < -0.4 is 0 Å². The van der Waals surface area contributed by atoms with Crippen LogP contribution in [-0.2, 0) is 0 Å². The van der Waals surface area contributed by atoms with Crippen LogP contribution >= 0.6 is 0 Å². The zero-order valence-electron chi connectivity index (χ0n) is 21.1. The third-order valence-corrected chi connectivity index (χ3v) is 7.95. The quantitative estimate of drug-likeness (QED) is 0.204. The van der Waals surface area contributed by atoms with Crippen LogP contribution in [-0.4, -0.2) is 0 Å². The first-order valence-electron chi connectivity index (χ1n) is 14.2. The van der Waals surface area contributed by atoms with E-state index in [1.165, 1.54) is 122 Å². The summed E-state index contributed by atoms with van der Waals surface area (Å²) in [4.78, 5) is 0. The second-order valence-corrected chi connectivity index (χ2v) is 10.6. The summed E-state index contributed by atoms with van der Waals surface area (Å²) in [5.74, 6) is 10.1. The summed E-state index contributed by atoms with van der Waals surface area (Å²) in [6.07, 6.45) is 36.1. The zero-order valence-corrected chi connectivity index (χ0v) is 21.1. The normalized spacial score (nSPS) is 26.9. The van der Waals surface area contributed by atoms with Gasteiger partial charge in [-0.25, -0.2) is 0 Å². The van der Waals surface area contributed by atoms with Gasteiger partial charge in [0.25, 0.3) is 0 Å². The van der Waals surface area contributed by atoms with Gasteiger partial charge in [0.2, 0.25) is 0 Å². The van der Waals surface area contributed by atoms with Crippen LogP contribution in [0.2, 0.25) is 0 Å². The van der Waals surface area contributed by atoms with Gasteiger partial charge in [-0.05, 0) is 87.2 Å². The second kappa shape index (κ2) is 17.6. The lowest BCUT2D eigenvalue weighted by molar-refractivity contribution is 0.288. The minimum atomic E-state index is 0.780. The molecule has 0 nitrogen and oxygen atoms in total. The summed E-state index contributed by atoms with van der Waals surface area (Å²) in [5.41, 5.74) is 0. The fraction of sp³-hybridized carbons (Fsp3) is 0.806. The molecule has 2 rings (SSSR count). The molecule has 0 heteroatoms. The van der Waals surface area contributed by atoms with Gasteiger partial charge in [-0.1, -0.05) is 108 Å². The zero-order chi connectivity index (χ0) is 22.0. The van der Waals surface area contributed by atoms with E-state index in [1.807, 2.05) is 0 Å². The molecule has 0 aromatic carbocycles. The Morgan fingerprint density at radius 3 is 1.32 bits per heavy atom. The van der Waals surface area contributed by atoms with Crippen molar-refractivity contribution in [2.75, 3.05) is 0 Å². The topological polar surface area (TPSA) is 0 Å². The van der Waals surface area contributed by atoms with E-state index in [-0.39, 0.29) is 0 Å². The van der Waals surface area contributed by atoms with E-state index in [2.05, 4.69) is 50.0 Å². The number of hydrogen-bond donors (Lipinski definition) is 0. The number of unbranched alkanes of at least 4 members (excludes halogenated alkanes) is 7. The fourth-order valence-corrected chi connectivity index (χ4v) is 5.70. The first-order chi connectivity index (χ1) is 15.3. The third-order valence-electron chi connectivity index (χ3n) is 7.95. The van der Waals surface area contributed by atoms with Crippen molar-refractivity contribution in [2.45, 2.75) is 136 Å². The van der Waals surface area contributed by atoms with Crippen LogP contribution in [0.25, 0.3) is 0 Å². The largest absolute Gasteiger partial charge is 0.0730 e. The highest BCUT2D eigenvalue weighted by molar-refractivity contribution is 5.24. The van der Waals surface area contributed by atoms with Gasteiger partial charge in [-0.3, -0.25) is 0 Å². The van der Waals surface area contributed by atoms with Crippen molar-refractivity contribution in [3.8, 4) is 11.8 Å². The molecule has 176 valence electrons. The summed E-state index contributed by atoms with van der Waals surface area (Å²) in [6.45, 7) is 4.61. The van der Waals surface area contributed by atoms with Crippen molar-refractivity contribution < 1.29 is 0 Å². The van der Waals surface area contributed by atoms with Crippen LogP contribution in [0.1, 0.15) is 136 Å². The van der Waals surface area contributed by atoms with Crippen molar-refractivity contribution in [3.05, 3.63) is 24.3 Å². The Balaban J connectivity index is 1.52. The lowest BCUT2D eigenvalue weighted by Crippen LogP contribution is -2.13. The summed E-state index contributed by atoms with van der Waals surface area (Å²) < 4.78 is 0. The van der Waals surface area contributed by atoms with Gasteiger partial charge in [-0.2, -0.15) is 0 Å². The van der Waals surface area contributed by atoms with Crippen LogP contribution in [0.4, 0.5) is 0 Å². The molecule has 0 aromatic heterocycles. The predicted molar refractivity (Wildman–Crippen MR) is 139 cm³/mol. The van der Waals surface area contributed by atoms with Gasteiger partial charge in [-0.15, -0.1) is 0 Å². The lowest BCUT2D eigenvalue weighted by Gasteiger charge is -2.26. The Bertz CT molecular complexity index is 526. The molecule has 0 radical (unpaired) electrons. The molecule has 0 atom stereocenters. The molecule has 0 bridgehead atoms. The average Bonchev–Trinajstić information content (AvgIpc) is 2.80. The highest BCUT2D eigenvalue weighted by atomic mass is 14.2. The van der Waals surface area contributed by atoms with Crippen molar-refractivity contribution in [2.24, 2.45) is 23.7 Å². The average molecular weight is 425 g/mol. The molecular weight excluding hydrogens is 372 g/mol. The van der Waals surface area contributed by atoms with Gasteiger partial charge < -0.3 is 0 Å². The summed E-state index contributed by atoms with van der Waals surface area (Å²) in [5, 5.41) is 0. The monoisotopic (exact) mass is 424 g/mol. The molecule has 0 aliphatic heterocycles. The molecule has 0 N–H and O–H groups in total. The Kier molecular flexibility index (Phi) is 14.9. The molecule has 0 amide bonds. The SMILES string of the molecule is CCCCCCCC1CCC(/C=C/C#C/C=C/C2CCC(CCCCCC)CC2)CC1. The van der Waals surface area contributed by atoms with Crippen LogP contribution in [0.3, 0.4) is 0 Å². The van der Waals surface area contributed by atoms with E-state index in [1.54, 1.807) is 0 Å². The van der Waals surface area contributed by atoms with E-state index in [9.17, 15) is 0 Å². The summed E-state index contributed by atoms with van der Waals surface area (Å²) >= 11 is 0. The Morgan fingerprint density at radius 2 is 0.903 bits per heavy atom. The first-order valence-corrected chi connectivity index (χ1v) is 14.2. The maximum Gasteiger partial charge on any atom is -0.0153 e. The Hall–Kier alpha value is -0.960. The third kappa shape index (κ3) is 12.6. The molecule has 0 unspecified atom stereocenters. The maximum atomic E-state index is 3.27. The molecule has 0 spiro atoms. The highest BCUT2D eigenvalue weighted by Gasteiger charge is 2.19. The highest BCUT2D eigenvalue weighted by Crippen LogP contribution is 2.33. The Morgan fingerprint density at radius 1 is 0.516 bits per heavy atom. The number of allylic oxidation sites excluding steroid dienone is 4. The number of hydrogen-bond acceptors (Lipinski definition) is 0. The van der Waals surface area contributed by atoms with E-state index in [4.69, 9.17) is 0 Å². The second-order valence-electron chi connectivity index (χ2n) is 10.6. The van der Waals surface area contributed by atoms with Gasteiger partial charge >= 0.3 is 0 Å². The fourth-order valence-electron chi connectivity index (χ4n) is 5.70. The predicted octanol–water partition coefficient (Wildman–Crippen LogP) is 10.0. The van der Waals surface area contributed by atoms with Crippen molar-refractivity contribution in [1.29, 1.82) is 0 Å². The lowest BCUT2D eigenvalue weighted by atomic mass is 9.79. The maximum absolute atomic E-state index is 3.27. The minimum Gasteiger partial charge on any atom is -0.0730 e.